The van der Waals surface area contributed by atoms with E-state index in [0.717, 1.165) is 0 Å². The first kappa shape index (κ1) is 20.7. The smallest absolute Gasteiger partial charge is 0.248 e. The number of nitrogen functional groups attached to an aromatic ring is 1. The van der Waals surface area contributed by atoms with Gasteiger partial charge in [0.25, 0.3) is 0 Å². The van der Waals surface area contributed by atoms with Crippen LogP contribution < -0.4 is 17.2 Å². The lowest BCUT2D eigenvalue weighted by Gasteiger charge is -2.32. The van der Waals surface area contributed by atoms with Crippen molar-refractivity contribution in [1.29, 1.82) is 0 Å². The molecule has 4 aromatic rings. The lowest BCUT2D eigenvalue weighted by molar-refractivity contribution is -0.119. The summed E-state index contributed by atoms with van der Waals surface area (Å²) in [6, 6.07) is 22.6. The number of rotatable bonds is 5. The minimum absolute atomic E-state index is 0.0347. The van der Waals surface area contributed by atoms with Crippen LogP contribution in [0.1, 0.15) is 16.7 Å². The van der Waals surface area contributed by atoms with Gasteiger partial charge in [-0.2, -0.15) is 0 Å². The highest BCUT2D eigenvalue weighted by atomic mass is 32.2. The topological polar surface area (TPSA) is 142 Å². The molecule has 0 saturated heterocycles. The molecule has 1 heterocycles. The van der Waals surface area contributed by atoms with Crippen molar-refractivity contribution in [3.05, 3.63) is 102 Å². The highest BCUT2D eigenvalue weighted by molar-refractivity contribution is 7.93. The Bertz CT molecular complexity index is 1570. The normalized spacial score (nSPS) is 14.6. The molecular weight excluding hydrogens is 436 g/mol. The number of carbonyl (C=O) groups is 1. The second kappa shape index (κ2) is 7.18. The number of sulfone groups is 1. The van der Waals surface area contributed by atoms with Crippen LogP contribution in [-0.2, 0) is 19.4 Å². The molecule has 0 spiro atoms. The number of nitrogens with zero attached hydrogens (tertiary/aromatic N) is 1. The molecule has 6 N–H and O–H groups in total. The number of aliphatic imine (C=N–C) groups is 1. The molecule has 0 aromatic heterocycles. The fourth-order valence-corrected chi connectivity index (χ4v) is 6.53. The van der Waals surface area contributed by atoms with Gasteiger partial charge in [0.2, 0.25) is 20.5 Å². The highest BCUT2D eigenvalue weighted by Gasteiger charge is 2.53. The van der Waals surface area contributed by atoms with E-state index in [-0.39, 0.29) is 21.9 Å². The van der Waals surface area contributed by atoms with Crippen LogP contribution in [0, 0.1) is 0 Å². The van der Waals surface area contributed by atoms with Gasteiger partial charge in [-0.25, -0.2) is 13.4 Å². The number of carbonyl (C=O) groups excluding carboxylic acids is 1. The van der Waals surface area contributed by atoms with E-state index < -0.39 is 20.5 Å². The third kappa shape index (κ3) is 2.77. The minimum atomic E-state index is -4.37. The molecule has 1 atom stereocenters. The Morgan fingerprint density at radius 1 is 0.818 bits per heavy atom. The van der Waals surface area contributed by atoms with E-state index in [1.807, 2.05) is 0 Å². The molecule has 7 nitrogen and oxygen atoms in total. The Morgan fingerprint density at radius 2 is 1.45 bits per heavy atom. The standard InChI is InChI=1S/C25H20N4O3S/c26-20-11-12-21-22-18(20)13-16(14-19(22)23(27)29-21)25(24(28)30,15-7-3-1-4-8-15)33(31,32)17-9-5-2-6-10-17/h1-14H,26H2,(H2,27,29)(H2,28,30). The molecule has 0 saturated carbocycles. The van der Waals surface area contributed by atoms with Gasteiger partial charge in [-0.15, -0.1) is 0 Å². The molecule has 8 heteroatoms. The van der Waals surface area contributed by atoms with Gasteiger partial charge in [0.05, 0.1) is 10.6 Å². The van der Waals surface area contributed by atoms with E-state index >= 15 is 0 Å². The van der Waals surface area contributed by atoms with Gasteiger partial charge >= 0.3 is 0 Å². The molecule has 164 valence electrons. The molecule has 1 amide bonds. The molecule has 1 unspecified atom stereocenters. The van der Waals surface area contributed by atoms with E-state index in [4.69, 9.17) is 17.2 Å². The number of anilines is 1. The lowest BCUT2D eigenvalue weighted by atomic mass is 9.86. The summed E-state index contributed by atoms with van der Waals surface area (Å²) < 4.78 is 26.2. The van der Waals surface area contributed by atoms with Crippen molar-refractivity contribution in [2.45, 2.75) is 9.64 Å². The zero-order valence-electron chi connectivity index (χ0n) is 17.4. The molecule has 5 rings (SSSR count). The van der Waals surface area contributed by atoms with Crippen LogP contribution >= 0.6 is 0 Å². The average Bonchev–Trinajstić information content (AvgIpc) is 3.14. The maximum absolute atomic E-state index is 14.2. The number of hydrogen-bond donors (Lipinski definition) is 3. The van der Waals surface area contributed by atoms with E-state index in [2.05, 4.69) is 4.99 Å². The third-order valence-electron chi connectivity index (χ3n) is 6.03. The van der Waals surface area contributed by atoms with Crippen molar-refractivity contribution >= 4 is 43.7 Å². The molecule has 33 heavy (non-hydrogen) atoms. The summed E-state index contributed by atoms with van der Waals surface area (Å²) in [5, 5.41) is 1.26. The number of nitrogens with two attached hydrogens (primary N) is 3. The SMILES string of the molecule is NC(=O)C(c1ccccc1)(c1cc2c3c(ccc(N)c3c1)N=C2N)S(=O)(=O)c1ccccc1. The number of amidine groups is 1. The second-order valence-electron chi connectivity index (χ2n) is 7.85. The average molecular weight is 457 g/mol. The van der Waals surface area contributed by atoms with E-state index in [1.54, 1.807) is 72.8 Å². The van der Waals surface area contributed by atoms with Gasteiger partial charge in [0.15, 0.2) is 0 Å². The molecule has 4 aromatic carbocycles. The van der Waals surface area contributed by atoms with Crippen LogP contribution in [0.3, 0.4) is 0 Å². The van der Waals surface area contributed by atoms with Crippen molar-refractivity contribution in [3.63, 3.8) is 0 Å². The van der Waals surface area contributed by atoms with Crippen LogP contribution in [0.15, 0.2) is 94.8 Å². The molecular formula is C25H20N4O3S. The zero-order valence-corrected chi connectivity index (χ0v) is 18.2. The van der Waals surface area contributed by atoms with Crippen LogP contribution in [0.2, 0.25) is 0 Å². The zero-order chi connectivity index (χ0) is 23.4. The van der Waals surface area contributed by atoms with Gasteiger partial charge < -0.3 is 17.2 Å². The van der Waals surface area contributed by atoms with E-state index in [9.17, 15) is 13.2 Å². The Labute approximate surface area is 190 Å². The van der Waals surface area contributed by atoms with Crippen molar-refractivity contribution in [2.75, 3.05) is 5.73 Å². The van der Waals surface area contributed by atoms with Crippen LogP contribution in [-0.4, -0.2) is 20.2 Å². The van der Waals surface area contributed by atoms with Gasteiger partial charge in [0.1, 0.15) is 5.84 Å². The van der Waals surface area contributed by atoms with Crippen molar-refractivity contribution in [2.24, 2.45) is 16.5 Å². The lowest BCUT2D eigenvalue weighted by Crippen LogP contribution is -2.49. The van der Waals surface area contributed by atoms with Crippen molar-refractivity contribution < 1.29 is 13.2 Å². The fourth-order valence-electron chi connectivity index (χ4n) is 4.52. The maximum Gasteiger partial charge on any atom is 0.248 e. The van der Waals surface area contributed by atoms with Crippen molar-refractivity contribution in [1.82, 2.24) is 0 Å². The number of benzene rings is 4. The molecule has 0 bridgehead atoms. The Hall–Kier alpha value is -4.17. The maximum atomic E-state index is 14.2. The van der Waals surface area contributed by atoms with Crippen molar-refractivity contribution in [3.8, 4) is 0 Å². The molecule has 0 aliphatic carbocycles. The summed E-state index contributed by atoms with van der Waals surface area (Å²) >= 11 is 0. The fraction of sp³-hybridized carbons (Fsp3) is 0.0400. The first-order valence-electron chi connectivity index (χ1n) is 10.1. The summed E-state index contributed by atoms with van der Waals surface area (Å²) in [5.74, 6) is -0.821. The highest BCUT2D eigenvalue weighted by Crippen LogP contribution is 2.46. The molecule has 1 aliphatic heterocycles. The van der Waals surface area contributed by atoms with Gasteiger partial charge in [-0.1, -0.05) is 48.5 Å². The minimum Gasteiger partial charge on any atom is -0.398 e. The first-order valence-corrected chi connectivity index (χ1v) is 11.6. The van der Waals surface area contributed by atoms with Gasteiger partial charge in [0, 0.05) is 22.0 Å². The second-order valence-corrected chi connectivity index (χ2v) is 9.94. The molecule has 0 radical (unpaired) electrons. The predicted molar refractivity (Wildman–Crippen MR) is 129 cm³/mol. The summed E-state index contributed by atoms with van der Waals surface area (Å²) in [4.78, 5) is 17.6. The summed E-state index contributed by atoms with van der Waals surface area (Å²) in [7, 11) is -4.37. The number of primary amides is 1. The third-order valence-corrected chi connectivity index (χ3v) is 8.41. The predicted octanol–water partition coefficient (Wildman–Crippen LogP) is 2.98. The van der Waals surface area contributed by atoms with E-state index in [0.29, 0.717) is 27.7 Å². The molecule has 1 aliphatic rings. The van der Waals surface area contributed by atoms with Crippen LogP contribution in [0.4, 0.5) is 11.4 Å². The summed E-state index contributed by atoms with van der Waals surface area (Å²) in [6.07, 6.45) is 0. The van der Waals surface area contributed by atoms with Crippen LogP contribution in [0.5, 0.6) is 0 Å². The Kier molecular flexibility index (Phi) is 4.51. The molecule has 0 fully saturated rings. The quantitative estimate of drug-likeness (QED) is 0.396. The van der Waals surface area contributed by atoms with Crippen LogP contribution in [0.25, 0.3) is 10.8 Å². The Balaban J connectivity index is 1.96. The largest absolute Gasteiger partial charge is 0.398 e. The number of hydrogen-bond acceptors (Lipinski definition) is 6. The first-order chi connectivity index (χ1) is 15.8. The summed E-state index contributed by atoms with van der Waals surface area (Å²) in [6.45, 7) is 0. The monoisotopic (exact) mass is 456 g/mol. The van der Waals surface area contributed by atoms with Gasteiger partial charge in [-0.3, -0.25) is 4.79 Å². The van der Waals surface area contributed by atoms with E-state index in [1.165, 1.54) is 12.1 Å². The number of amides is 1. The summed E-state index contributed by atoms with van der Waals surface area (Å²) in [5.41, 5.74) is 20.3. The van der Waals surface area contributed by atoms with Gasteiger partial charge in [-0.05, 0) is 47.5 Å². The Morgan fingerprint density at radius 3 is 2.09 bits per heavy atom.